The summed E-state index contributed by atoms with van der Waals surface area (Å²) in [5.74, 6) is 1.57. The number of allylic oxidation sites excluding steroid dienone is 1. The van der Waals surface area contributed by atoms with Gasteiger partial charge in [-0.05, 0) is 37.3 Å². The third kappa shape index (κ3) is 4.10. The summed E-state index contributed by atoms with van der Waals surface area (Å²) < 4.78 is 2.04. The number of nitrogens with zero attached hydrogens (tertiary/aromatic N) is 3. The van der Waals surface area contributed by atoms with Crippen LogP contribution >= 0.6 is 0 Å². The molecule has 1 aliphatic carbocycles. The van der Waals surface area contributed by atoms with E-state index in [1.165, 1.54) is 18.4 Å². The first-order chi connectivity index (χ1) is 11.7. The predicted octanol–water partition coefficient (Wildman–Crippen LogP) is 3.07. The van der Waals surface area contributed by atoms with Crippen LogP contribution in [0.1, 0.15) is 49.1 Å². The van der Waals surface area contributed by atoms with Crippen molar-refractivity contribution in [1.29, 1.82) is 0 Å². The van der Waals surface area contributed by atoms with Crippen LogP contribution in [0, 0.1) is 6.92 Å². The SMILES string of the molecule is CCC(=CC(=O)NCCn1cnnc1C1CC1)c1ccc(C)cc1. The van der Waals surface area contributed by atoms with E-state index in [4.69, 9.17) is 0 Å². The fraction of sp³-hybridized carbons (Fsp3) is 0.421. The zero-order valence-electron chi connectivity index (χ0n) is 14.3. The highest BCUT2D eigenvalue weighted by Gasteiger charge is 2.28. The number of aryl methyl sites for hydroxylation is 1. The van der Waals surface area contributed by atoms with Gasteiger partial charge in [0.05, 0.1) is 0 Å². The Balaban J connectivity index is 1.55. The second kappa shape index (κ2) is 7.43. The van der Waals surface area contributed by atoms with Gasteiger partial charge in [-0.25, -0.2) is 0 Å². The molecule has 3 rings (SSSR count). The van der Waals surface area contributed by atoms with Gasteiger partial charge in [-0.3, -0.25) is 4.79 Å². The van der Waals surface area contributed by atoms with Crippen LogP contribution in [-0.4, -0.2) is 27.2 Å². The first-order valence-electron chi connectivity index (χ1n) is 8.60. The first-order valence-corrected chi connectivity index (χ1v) is 8.60. The third-order valence-electron chi connectivity index (χ3n) is 4.35. The monoisotopic (exact) mass is 324 g/mol. The van der Waals surface area contributed by atoms with Crippen LogP contribution in [0.2, 0.25) is 0 Å². The number of amides is 1. The standard InChI is InChI=1S/C19H24N4O/c1-3-15(16-6-4-14(2)5-7-16)12-18(24)20-10-11-23-13-21-22-19(23)17-8-9-17/h4-7,12-13,17H,3,8-11H2,1-2H3,(H,20,24). The third-order valence-corrected chi connectivity index (χ3v) is 4.35. The molecule has 126 valence electrons. The molecule has 0 atom stereocenters. The molecular weight excluding hydrogens is 300 g/mol. The Morgan fingerprint density at radius 1 is 1.33 bits per heavy atom. The van der Waals surface area contributed by atoms with Gasteiger partial charge >= 0.3 is 0 Å². The molecule has 5 nitrogen and oxygen atoms in total. The van der Waals surface area contributed by atoms with Crippen LogP contribution in [0.4, 0.5) is 0 Å². The summed E-state index contributed by atoms with van der Waals surface area (Å²) in [6.07, 6.45) is 6.68. The van der Waals surface area contributed by atoms with Crippen LogP contribution in [0.25, 0.3) is 5.57 Å². The number of carbonyl (C=O) groups excluding carboxylic acids is 1. The molecule has 0 saturated heterocycles. The van der Waals surface area contributed by atoms with Crippen molar-refractivity contribution >= 4 is 11.5 Å². The average molecular weight is 324 g/mol. The summed E-state index contributed by atoms with van der Waals surface area (Å²) in [6.45, 7) is 5.42. The van der Waals surface area contributed by atoms with Crippen LogP contribution in [0.15, 0.2) is 36.7 Å². The van der Waals surface area contributed by atoms with Crippen molar-refractivity contribution < 1.29 is 4.79 Å². The number of rotatable bonds is 7. The Morgan fingerprint density at radius 3 is 2.75 bits per heavy atom. The van der Waals surface area contributed by atoms with Gasteiger partial charge in [0.15, 0.2) is 0 Å². The topological polar surface area (TPSA) is 59.8 Å². The van der Waals surface area contributed by atoms with E-state index >= 15 is 0 Å². The molecule has 1 fully saturated rings. The van der Waals surface area contributed by atoms with E-state index in [0.29, 0.717) is 19.0 Å². The maximum absolute atomic E-state index is 12.2. The maximum atomic E-state index is 12.2. The zero-order valence-corrected chi connectivity index (χ0v) is 14.3. The van der Waals surface area contributed by atoms with Crippen LogP contribution in [0.5, 0.6) is 0 Å². The molecule has 0 spiro atoms. The smallest absolute Gasteiger partial charge is 0.244 e. The molecule has 1 aromatic heterocycles. The molecule has 1 aliphatic rings. The summed E-state index contributed by atoms with van der Waals surface area (Å²) in [5.41, 5.74) is 3.38. The lowest BCUT2D eigenvalue weighted by Crippen LogP contribution is -2.26. The average Bonchev–Trinajstić information content (AvgIpc) is 3.32. The fourth-order valence-electron chi connectivity index (χ4n) is 2.76. The minimum Gasteiger partial charge on any atom is -0.351 e. The van der Waals surface area contributed by atoms with E-state index in [2.05, 4.69) is 53.6 Å². The Labute approximate surface area is 142 Å². The van der Waals surface area contributed by atoms with Crippen molar-refractivity contribution in [3.8, 4) is 0 Å². The lowest BCUT2D eigenvalue weighted by Gasteiger charge is -2.08. The van der Waals surface area contributed by atoms with E-state index in [0.717, 1.165) is 23.4 Å². The van der Waals surface area contributed by atoms with Crippen molar-refractivity contribution in [3.63, 3.8) is 0 Å². The normalized spacial score (nSPS) is 14.7. The highest BCUT2D eigenvalue weighted by Crippen LogP contribution is 2.38. The maximum Gasteiger partial charge on any atom is 0.244 e. The summed E-state index contributed by atoms with van der Waals surface area (Å²) in [4.78, 5) is 12.2. The zero-order chi connectivity index (χ0) is 16.9. The Morgan fingerprint density at radius 2 is 2.08 bits per heavy atom. The first kappa shape index (κ1) is 16.4. The number of benzene rings is 1. The second-order valence-electron chi connectivity index (χ2n) is 6.34. The van der Waals surface area contributed by atoms with Gasteiger partial charge in [0, 0.05) is 25.1 Å². The summed E-state index contributed by atoms with van der Waals surface area (Å²) in [5, 5.41) is 11.1. The fourth-order valence-corrected chi connectivity index (χ4v) is 2.76. The van der Waals surface area contributed by atoms with Crippen molar-refractivity contribution in [2.75, 3.05) is 6.54 Å². The van der Waals surface area contributed by atoms with E-state index in [9.17, 15) is 4.79 Å². The van der Waals surface area contributed by atoms with Crippen molar-refractivity contribution in [1.82, 2.24) is 20.1 Å². The van der Waals surface area contributed by atoms with Crippen LogP contribution in [-0.2, 0) is 11.3 Å². The van der Waals surface area contributed by atoms with E-state index < -0.39 is 0 Å². The molecule has 1 aromatic carbocycles. The number of carbonyl (C=O) groups is 1. The van der Waals surface area contributed by atoms with Gasteiger partial charge in [0.25, 0.3) is 0 Å². The van der Waals surface area contributed by atoms with Gasteiger partial charge in [0.1, 0.15) is 12.2 Å². The Hall–Kier alpha value is -2.43. The molecule has 0 aliphatic heterocycles. The van der Waals surface area contributed by atoms with Crippen molar-refractivity contribution in [2.45, 2.75) is 45.6 Å². The molecule has 0 radical (unpaired) electrons. The molecule has 0 unspecified atom stereocenters. The van der Waals surface area contributed by atoms with E-state index in [1.807, 2.05) is 4.57 Å². The minimum absolute atomic E-state index is 0.0477. The number of hydrogen-bond acceptors (Lipinski definition) is 3. The van der Waals surface area contributed by atoms with Gasteiger partial charge in [0.2, 0.25) is 5.91 Å². The van der Waals surface area contributed by atoms with Crippen LogP contribution in [0.3, 0.4) is 0 Å². The number of hydrogen-bond donors (Lipinski definition) is 1. The van der Waals surface area contributed by atoms with Crippen molar-refractivity contribution in [2.24, 2.45) is 0 Å². The highest BCUT2D eigenvalue weighted by molar-refractivity contribution is 5.95. The summed E-state index contributed by atoms with van der Waals surface area (Å²) >= 11 is 0. The van der Waals surface area contributed by atoms with Crippen LogP contribution < -0.4 is 5.32 Å². The molecule has 1 saturated carbocycles. The molecule has 2 aromatic rings. The summed E-state index contributed by atoms with van der Waals surface area (Å²) in [7, 11) is 0. The predicted molar refractivity (Wildman–Crippen MR) is 94.5 cm³/mol. The minimum atomic E-state index is -0.0477. The quantitative estimate of drug-likeness (QED) is 0.796. The van der Waals surface area contributed by atoms with Crippen molar-refractivity contribution in [3.05, 3.63) is 53.6 Å². The van der Waals surface area contributed by atoms with E-state index in [-0.39, 0.29) is 5.91 Å². The Kier molecular flexibility index (Phi) is 5.08. The summed E-state index contributed by atoms with van der Waals surface area (Å²) in [6, 6.07) is 8.28. The van der Waals surface area contributed by atoms with Gasteiger partial charge < -0.3 is 9.88 Å². The largest absolute Gasteiger partial charge is 0.351 e. The Bertz CT molecular complexity index is 726. The molecule has 24 heavy (non-hydrogen) atoms. The molecule has 5 heteroatoms. The van der Waals surface area contributed by atoms with Gasteiger partial charge in [-0.2, -0.15) is 0 Å². The molecule has 0 bridgehead atoms. The molecule has 1 heterocycles. The second-order valence-corrected chi connectivity index (χ2v) is 6.34. The van der Waals surface area contributed by atoms with Gasteiger partial charge in [-0.1, -0.05) is 36.8 Å². The van der Waals surface area contributed by atoms with Gasteiger partial charge in [-0.15, -0.1) is 10.2 Å². The molecular formula is C19H24N4O. The van der Waals surface area contributed by atoms with E-state index in [1.54, 1.807) is 12.4 Å². The lowest BCUT2D eigenvalue weighted by molar-refractivity contribution is -0.116. The highest BCUT2D eigenvalue weighted by atomic mass is 16.1. The molecule has 1 amide bonds. The number of aromatic nitrogens is 3. The number of nitrogens with one attached hydrogen (secondary N) is 1. The molecule has 1 N–H and O–H groups in total. The lowest BCUT2D eigenvalue weighted by atomic mass is 10.0.